The lowest BCUT2D eigenvalue weighted by atomic mass is 9.96. The van der Waals surface area contributed by atoms with Gasteiger partial charge >= 0.3 is 6.18 Å². The molecular formula is C16H18BrF3N2O2. The first-order chi connectivity index (χ1) is 11.2. The van der Waals surface area contributed by atoms with E-state index < -0.39 is 17.5 Å². The number of methoxy groups -OCH3 is 1. The zero-order valence-electron chi connectivity index (χ0n) is 13.4. The van der Waals surface area contributed by atoms with Gasteiger partial charge in [-0.1, -0.05) is 0 Å². The molecule has 0 radical (unpaired) electrons. The SMILES string of the molecule is COCCCCN1N=C(Br)Cc2c1cc(C(C)=O)cc2C(F)(F)F. The highest BCUT2D eigenvalue weighted by Gasteiger charge is 2.37. The number of Topliss-reactive ketones (excluding diaryl/α,β-unsaturated/α-hetero) is 1. The van der Waals surface area contributed by atoms with Crippen LogP contribution in [0.5, 0.6) is 0 Å². The van der Waals surface area contributed by atoms with E-state index in [0.717, 1.165) is 12.5 Å². The molecule has 0 N–H and O–H groups in total. The van der Waals surface area contributed by atoms with Gasteiger partial charge in [0.1, 0.15) is 4.62 Å². The number of unbranched alkanes of at least 4 members (excludes halogenated alkanes) is 1. The van der Waals surface area contributed by atoms with Crippen molar-refractivity contribution in [1.29, 1.82) is 0 Å². The molecule has 1 aliphatic heterocycles. The normalized spacial score (nSPS) is 14.4. The molecule has 24 heavy (non-hydrogen) atoms. The molecule has 0 saturated heterocycles. The van der Waals surface area contributed by atoms with Crippen LogP contribution in [0.2, 0.25) is 0 Å². The predicted octanol–water partition coefficient (Wildman–Crippen LogP) is 4.41. The van der Waals surface area contributed by atoms with Gasteiger partial charge in [-0.15, -0.1) is 0 Å². The first-order valence-electron chi connectivity index (χ1n) is 7.48. The Labute approximate surface area is 146 Å². The molecule has 1 aliphatic rings. The van der Waals surface area contributed by atoms with Gasteiger partial charge in [0.15, 0.2) is 5.78 Å². The minimum Gasteiger partial charge on any atom is -0.385 e. The molecule has 4 nitrogen and oxygen atoms in total. The first kappa shape index (κ1) is 18.9. The smallest absolute Gasteiger partial charge is 0.385 e. The van der Waals surface area contributed by atoms with Crippen molar-refractivity contribution in [2.75, 3.05) is 25.3 Å². The molecule has 0 amide bonds. The average molecular weight is 407 g/mol. The van der Waals surface area contributed by atoms with E-state index >= 15 is 0 Å². The fourth-order valence-electron chi connectivity index (χ4n) is 2.57. The molecule has 0 aliphatic carbocycles. The van der Waals surface area contributed by atoms with Gasteiger partial charge in [-0.2, -0.15) is 18.3 Å². The maximum atomic E-state index is 13.4. The zero-order valence-corrected chi connectivity index (χ0v) is 15.0. The molecule has 1 heterocycles. The summed E-state index contributed by atoms with van der Waals surface area (Å²) in [5, 5.41) is 5.82. The molecular weight excluding hydrogens is 389 g/mol. The number of alkyl halides is 3. The van der Waals surface area contributed by atoms with Gasteiger partial charge in [-0.25, -0.2) is 0 Å². The van der Waals surface area contributed by atoms with Crippen molar-refractivity contribution in [3.63, 3.8) is 0 Å². The highest BCUT2D eigenvalue weighted by Crippen LogP contribution is 2.40. The van der Waals surface area contributed by atoms with Crippen LogP contribution < -0.4 is 5.01 Å². The minimum absolute atomic E-state index is 0.0381. The molecule has 0 spiro atoms. The topological polar surface area (TPSA) is 41.9 Å². The summed E-state index contributed by atoms with van der Waals surface area (Å²) >= 11 is 3.22. The van der Waals surface area contributed by atoms with Crippen LogP contribution in [-0.4, -0.2) is 30.7 Å². The monoisotopic (exact) mass is 406 g/mol. The van der Waals surface area contributed by atoms with Gasteiger partial charge in [0.2, 0.25) is 0 Å². The molecule has 2 rings (SSSR count). The van der Waals surface area contributed by atoms with E-state index in [1.165, 1.54) is 18.0 Å². The molecule has 1 aromatic rings. The van der Waals surface area contributed by atoms with E-state index in [2.05, 4.69) is 21.0 Å². The number of carbonyl (C=O) groups is 1. The van der Waals surface area contributed by atoms with E-state index in [0.29, 0.717) is 29.9 Å². The second kappa shape index (κ2) is 7.65. The van der Waals surface area contributed by atoms with Crippen LogP contribution in [-0.2, 0) is 17.3 Å². The summed E-state index contributed by atoms with van der Waals surface area (Å²) in [7, 11) is 1.60. The number of benzene rings is 1. The van der Waals surface area contributed by atoms with Crippen molar-refractivity contribution in [3.05, 3.63) is 28.8 Å². The molecule has 0 aromatic heterocycles. The summed E-state index contributed by atoms with van der Waals surface area (Å²) in [4.78, 5) is 11.6. The second-order valence-electron chi connectivity index (χ2n) is 5.55. The Morgan fingerprint density at radius 2 is 2.08 bits per heavy atom. The molecule has 0 bridgehead atoms. The van der Waals surface area contributed by atoms with Crippen LogP contribution in [0.15, 0.2) is 17.2 Å². The Balaban J connectivity index is 2.44. The highest BCUT2D eigenvalue weighted by atomic mass is 79.9. The van der Waals surface area contributed by atoms with Crippen LogP contribution in [0.1, 0.15) is 41.3 Å². The van der Waals surface area contributed by atoms with Crippen molar-refractivity contribution in [2.24, 2.45) is 5.10 Å². The third kappa shape index (κ3) is 4.36. The van der Waals surface area contributed by atoms with Crippen molar-refractivity contribution in [2.45, 2.75) is 32.4 Å². The summed E-state index contributed by atoms with van der Waals surface area (Å²) in [5.74, 6) is -0.406. The van der Waals surface area contributed by atoms with E-state index in [9.17, 15) is 18.0 Å². The summed E-state index contributed by atoms with van der Waals surface area (Å²) in [5.41, 5.74) is -0.258. The summed E-state index contributed by atoms with van der Waals surface area (Å²) in [6, 6.07) is 2.42. The summed E-state index contributed by atoms with van der Waals surface area (Å²) in [6.45, 7) is 2.28. The van der Waals surface area contributed by atoms with Gasteiger partial charge in [0.05, 0.1) is 11.3 Å². The zero-order chi connectivity index (χ0) is 17.9. The Hall–Kier alpha value is -1.41. The van der Waals surface area contributed by atoms with Crippen molar-refractivity contribution in [3.8, 4) is 0 Å². The van der Waals surface area contributed by atoms with Gasteiger partial charge in [0, 0.05) is 32.2 Å². The minimum atomic E-state index is -4.53. The predicted molar refractivity (Wildman–Crippen MR) is 90.0 cm³/mol. The van der Waals surface area contributed by atoms with Crippen LogP contribution in [0.4, 0.5) is 18.9 Å². The lowest BCUT2D eigenvalue weighted by Gasteiger charge is -2.29. The number of ketones is 1. The number of hydrazone groups is 1. The molecule has 132 valence electrons. The highest BCUT2D eigenvalue weighted by molar-refractivity contribution is 9.18. The fraction of sp³-hybridized carbons (Fsp3) is 0.500. The van der Waals surface area contributed by atoms with Crippen molar-refractivity contribution in [1.82, 2.24) is 0 Å². The Bertz CT molecular complexity index is 659. The van der Waals surface area contributed by atoms with E-state index in [1.54, 1.807) is 7.11 Å². The quantitative estimate of drug-likeness (QED) is 0.519. The van der Waals surface area contributed by atoms with E-state index in [4.69, 9.17) is 4.74 Å². The number of hydrogen-bond acceptors (Lipinski definition) is 4. The van der Waals surface area contributed by atoms with Crippen LogP contribution >= 0.6 is 15.9 Å². The van der Waals surface area contributed by atoms with Crippen molar-refractivity contribution >= 4 is 32.0 Å². The third-order valence-corrected chi connectivity index (χ3v) is 4.18. The number of rotatable bonds is 6. The first-order valence-corrected chi connectivity index (χ1v) is 8.28. The standard InChI is InChI=1S/C16H18BrF3N2O2/c1-10(23)11-7-13(16(18,19)20)12-9-15(17)21-22(14(12)8-11)5-3-4-6-24-2/h7-8H,3-6,9H2,1-2H3. The molecule has 8 heteroatoms. The third-order valence-electron chi connectivity index (χ3n) is 3.74. The van der Waals surface area contributed by atoms with Crippen molar-refractivity contribution < 1.29 is 22.7 Å². The number of anilines is 1. The maximum Gasteiger partial charge on any atom is 0.416 e. The largest absolute Gasteiger partial charge is 0.416 e. The van der Waals surface area contributed by atoms with Crippen LogP contribution in [0.25, 0.3) is 0 Å². The van der Waals surface area contributed by atoms with Crippen LogP contribution in [0.3, 0.4) is 0 Å². The molecule has 0 fully saturated rings. The van der Waals surface area contributed by atoms with Gasteiger partial charge in [-0.3, -0.25) is 9.80 Å². The second-order valence-corrected chi connectivity index (χ2v) is 6.47. The number of fused-ring (bicyclic) bond motifs is 1. The maximum absolute atomic E-state index is 13.4. The Morgan fingerprint density at radius 3 is 2.67 bits per heavy atom. The Morgan fingerprint density at radius 1 is 1.38 bits per heavy atom. The van der Waals surface area contributed by atoms with Gasteiger partial charge in [0.25, 0.3) is 0 Å². The van der Waals surface area contributed by atoms with E-state index in [1.807, 2.05) is 0 Å². The molecule has 0 atom stereocenters. The lowest BCUT2D eigenvalue weighted by Crippen LogP contribution is -2.28. The number of ether oxygens (including phenoxy) is 1. The molecule has 0 saturated carbocycles. The van der Waals surface area contributed by atoms with Crippen LogP contribution in [0, 0.1) is 0 Å². The summed E-state index contributed by atoms with van der Waals surface area (Å²) < 4.78 is 45.7. The average Bonchev–Trinajstić information content (AvgIpc) is 2.49. The number of carbonyl (C=O) groups excluding carboxylic acids is 1. The number of hydrogen-bond donors (Lipinski definition) is 0. The fourth-order valence-corrected chi connectivity index (χ4v) is 3.05. The number of halogens is 4. The van der Waals surface area contributed by atoms with Gasteiger partial charge in [-0.05, 0) is 53.4 Å². The molecule has 0 unspecified atom stereocenters. The summed E-state index contributed by atoms with van der Waals surface area (Å²) in [6.07, 6.45) is -2.99. The number of nitrogens with zero attached hydrogens (tertiary/aromatic N) is 2. The lowest BCUT2D eigenvalue weighted by molar-refractivity contribution is -0.138. The Kier molecular flexibility index (Phi) is 6.03. The van der Waals surface area contributed by atoms with E-state index in [-0.39, 0.29) is 17.5 Å². The molecule has 1 aromatic carbocycles. The van der Waals surface area contributed by atoms with Gasteiger partial charge < -0.3 is 4.74 Å².